The van der Waals surface area contributed by atoms with E-state index in [1.54, 1.807) is 6.92 Å². The van der Waals surface area contributed by atoms with Gasteiger partial charge in [0.05, 0.1) is 6.42 Å². The van der Waals surface area contributed by atoms with E-state index in [-0.39, 0.29) is 13.0 Å². The van der Waals surface area contributed by atoms with Crippen molar-refractivity contribution >= 4 is 11.9 Å². The first-order valence-electron chi connectivity index (χ1n) is 6.07. The Morgan fingerprint density at radius 1 is 1.12 bits per heavy atom. The highest BCUT2D eigenvalue weighted by molar-refractivity contribution is 5.83. The van der Waals surface area contributed by atoms with Crippen molar-refractivity contribution < 1.29 is 24.5 Å². The smallest absolute Gasteiger partial charge is 0.336 e. The summed E-state index contributed by atoms with van der Waals surface area (Å²) < 4.78 is 5.20. The number of carboxylic acids is 2. The van der Waals surface area contributed by atoms with E-state index >= 15 is 0 Å². The van der Waals surface area contributed by atoms with Gasteiger partial charge in [-0.1, -0.05) is 26.2 Å². The van der Waals surface area contributed by atoms with Gasteiger partial charge in [0.25, 0.3) is 0 Å². The molecule has 17 heavy (non-hydrogen) atoms. The van der Waals surface area contributed by atoms with E-state index < -0.39 is 24.0 Å². The zero-order valence-corrected chi connectivity index (χ0v) is 10.6. The molecule has 0 aromatic heterocycles. The molecule has 0 aromatic carbocycles. The molecule has 0 amide bonds. The van der Waals surface area contributed by atoms with Crippen LogP contribution in [0, 0.1) is 0 Å². The summed E-state index contributed by atoms with van der Waals surface area (Å²) in [4.78, 5) is 22.0. The van der Waals surface area contributed by atoms with Crippen molar-refractivity contribution in [2.75, 3.05) is 6.61 Å². The first-order chi connectivity index (χ1) is 7.98. The van der Waals surface area contributed by atoms with Crippen LogP contribution in [0.1, 0.15) is 52.4 Å². The zero-order chi connectivity index (χ0) is 13.3. The predicted octanol–water partition coefficient (Wildman–Crippen LogP) is 2.29. The lowest BCUT2D eigenvalue weighted by Crippen LogP contribution is -2.43. The average Bonchev–Trinajstić information content (AvgIpc) is 2.23. The third kappa shape index (κ3) is 5.68. The van der Waals surface area contributed by atoms with Crippen LogP contribution in [0.25, 0.3) is 0 Å². The minimum Gasteiger partial charge on any atom is -0.481 e. The zero-order valence-electron chi connectivity index (χ0n) is 10.6. The van der Waals surface area contributed by atoms with Crippen molar-refractivity contribution in [3.05, 3.63) is 0 Å². The molecule has 0 aromatic rings. The molecule has 100 valence electrons. The Labute approximate surface area is 102 Å². The summed E-state index contributed by atoms with van der Waals surface area (Å²) in [5.41, 5.74) is -1.56. The summed E-state index contributed by atoms with van der Waals surface area (Å²) in [7, 11) is 0. The number of aliphatic carboxylic acids is 2. The number of hydrogen-bond donors (Lipinski definition) is 2. The van der Waals surface area contributed by atoms with E-state index in [0.717, 1.165) is 19.3 Å². The van der Waals surface area contributed by atoms with Gasteiger partial charge in [-0.05, 0) is 19.8 Å². The Kier molecular flexibility index (Phi) is 7.54. The average molecular weight is 246 g/mol. The quantitative estimate of drug-likeness (QED) is 0.578. The summed E-state index contributed by atoms with van der Waals surface area (Å²) in [5.74, 6) is -2.32. The van der Waals surface area contributed by atoms with Crippen molar-refractivity contribution in [3.63, 3.8) is 0 Å². The van der Waals surface area contributed by atoms with E-state index in [0.29, 0.717) is 6.42 Å². The Bertz CT molecular complexity index is 251. The molecule has 5 nitrogen and oxygen atoms in total. The molecule has 2 N–H and O–H groups in total. The highest BCUT2D eigenvalue weighted by Crippen LogP contribution is 2.25. The topological polar surface area (TPSA) is 83.8 Å². The highest BCUT2D eigenvalue weighted by atomic mass is 16.5. The van der Waals surface area contributed by atoms with Crippen molar-refractivity contribution in [2.24, 2.45) is 0 Å². The Morgan fingerprint density at radius 2 is 1.76 bits per heavy atom. The second-order valence-corrected chi connectivity index (χ2v) is 4.11. The van der Waals surface area contributed by atoms with Crippen LogP contribution in [0.5, 0.6) is 0 Å². The van der Waals surface area contributed by atoms with Crippen molar-refractivity contribution in [3.8, 4) is 0 Å². The van der Waals surface area contributed by atoms with Crippen LogP contribution in [0.3, 0.4) is 0 Å². The third-order valence-electron chi connectivity index (χ3n) is 2.68. The molecule has 0 radical (unpaired) electrons. The molecule has 0 spiro atoms. The van der Waals surface area contributed by atoms with Gasteiger partial charge in [-0.15, -0.1) is 0 Å². The molecule has 0 saturated heterocycles. The van der Waals surface area contributed by atoms with Crippen molar-refractivity contribution in [1.29, 1.82) is 0 Å². The molecule has 0 aliphatic rings. The summed E-state index contributed by atoms with van der Waals surface area (Å²) in [5, 5.41) is 18.0. The molecule has 0 rings (SSSR count). The fraction of sp³-hybridized carbons (Fsp3) is 0.833. The van der Waals surface area contributed by atoms with Crippen LogP contribution < -0.4 is 0 Å². The number of ether oxygens (including phenoxy) is 1. The number of carbonyl (C=O) groups is 2. The monoisotopic (exact) mass is 246 g/mol. The van der Waals surface area contributed by atoms with Crippen molar-refractivity contribution in [2.45, 2.75) is 58.0 Å². The van der Waals surface area contributed by atoms with Gasteiger partial charge in [0.1, 0.15) is 0 Å². The summed E-state index contributed by atoms with van der Waals surface area (Å²) in [6.07, 6.45) is 3.42. The Hall–Kier alpha value is -1.10. The van der Waals surface area contributed by atoms with Gasteiger partial charge in [0.15, 0.2) is 5.60 Å². The van der Waals surface area contributed by atoms with Gasteiger partial charge in [0.2, 0.25) is 0 Å². The van der Waals surface area contributed by atoms with E-state index in [4.69, 9.17) is 9.84 Å². The molecular formula is C12H22O5. The number of rotatable bonds is 10. The predicted molar refractivity (Wildman–Crippen MR) is 63.0 cm³/mol. The molecule has 5 heteroatoms. The maximum Gasteiger partial charge on any atom is 0.336 e. The second-order valence-electron chi connectivity index (χ2n) is 4.11. The molecule has 1 unspecified atom stereocenters. The van der Waals surface area contributed by atoms with E-state index in [1.165, 1.54) is 0 Å². The maximum absolute atomic E-state index is 11.2. The van der Waals surface area contributed by atoms with Gasteiger partial charge >= 0.3 is 11.9 Å². The lowest BCUT2D eigenvalue weighted by molar-refractivity contribution is -0.173. The summed E-state index contributed by atoms with van der Waals surface area (Å²) in [6.45, 7) is 3.93. The van der Waals surface area contributed by atoms with Crippen LogP contribution in [0.15, 0.2) is 0 Å². The number of unbranched alkanes of at least 4 members (excludes halogenated alkanes) is 3. The van der Waals surface area contributed by atoms with Gasteiger partial charge in [0, 0.05) is 6.61 Å². The van der Waals surface area contributed by atoms with E-state index in [2.05, 4.69) is 6.92 Å². The van der Waals surface area contributed by atoms with Crippen LogP contribution >= 0.6 is 0 Å². The summed E-state index contributed by atoms with van der Waals surface area (Å²) >= 11 is 0. The Morgan fingerprint density at radius 3 is 2.18 bits per heavy atom. The maximum atomic E-state index is 11.2. The highest BCUT2D eigenvalue weighted by Gasteiger charge is 2.41. The molecule has 1 atom stereocenters. The standard InChI is InChI=1S/C12H22O5/c1-3-5-6-7-8-12(11(15)16,17-4-2)9-10(13)14/h3-9H2,1-2H3,(H,13,14)(H,15,16). The van der Waals surface area contributed by atoms with Crippen LogP contribution in [0.4, 0.5) is 0 Å². The second kappa shape index (κ2) is 8.06. The minimum atomic E-state index is -1.56. The SMILES string of the molecule is CCCCCCC(CC(=O)O)(OCC)C(=O)O. The molecule has 0 bridgehead atoms. The third-order valence-corrected chi connectivity index (χ3v) is 2.68. The molecule has 0 heterocycles. The number of hydrogen-bond acceptors (Lipinski definition) is 3. The molecule has 0 aliphatic carbocycles. The Balaban J connectivity index is 4.54. The lowest BCUT2D eigenvalue weighted by Gasteiger charge is -2.27. The largest absolute Gasteiger partial charge is 0.481 e. The first-order valence-corrected chi connectivity index (χ1v) is 6.07. The molecule has 0 aliphatic heterocycles. The molecular weight excluding hydrogens is 224 g/mol. The van der Waals surface area contributed by atoms with Gasteiger partial charge in [-0.2, -0.15) is 0 Å². The minimum absolute atomic E-state index is 0.202. The van der Waals surface area contributed by atoms with Crippen LogP contribution in [-0.4, -0.2) is 34.4 Å². The van der Waals surface area contributed by atoms with Gasteiger partial charge in [-0.3, -0.25) is 4.79 Å². The van der Waals surface area contributed by atoms with E-state index in [9.17, 15) is 14.7 Å². The fourth-order valence-electron chi connectivity index (χ4n) is 1.81. The fourth-order valence-corrected chi connectivity index (χ4v) is 1.81. The normalized spacial score (nSPS) is 14.2. The van der Waals surface area contributed by atoms with Crippen molar-refractivity contribution in [1.82, 2.24) is 0 Å². The lowest BCUT2D eigenvalue weighted by atomic mass is 9.92. The first kappa shape index (κ1) is 15.9. The number of carboxylic acid groups (broad SMARTS) is 2. The molecule has 0 saturated carbocycles. The van der Waals surface area contributed by atoms with Gasteiger partial charge in [-0.25, -0.2) is 4.79 Å². The van der Waals surface area contributed by atoms with Gasteiger partial charge < -0.3 is 14.9 Å². The molecule has 0 fully saturated rings. The van der Waals surface area contributed by atoms with E-state index in [1.807, 2.05) is 0 Å². The van der Waals surface area contributed by atoms with Crippen LogP contribution in [0.2, 0.25) is 0 Å². The summed E-state index contributed by atoms with van der Waals surface area (Å²) in [6, 6.07) is 0. The van der Waals surface area contributed by atoms with Crippen LogP contribution in [-0.2, 0) is 14.3 Å².